The van der Waals surface area contributed by atoms with E-state index < -0.39 is 5.97 Å². The molecule has 0 bridgehead atoms. The first-order valence-electron chi connectivity index (χ1n) is 7.79. The SMILES string of the molecule is CCOC(=O)N1CCN(C(=O)COC(=O)/C=C\c2ccc(Br)o2)CC1. The number of amides is 2. The predicted octanol–water partition coefficient (Wildman–Crippen LogP) is 1.90. The average molecular weight is 415 g/mol. The summed E-state index contributed by atoms with van der Waals surface area (Å²) in [5.41, 5.74) is 0. The van der Waals surface area contributed by atoms with E-state index in [0.29, 0.717) is 43.2 Å². The molecule has 2 amide bonds. The van der Waals surface area contributed by atoms with Crippen LogP contribution in [0, 0.1) is 0 Å². The summed E-state index contributed by atoms with van der Waals surface area (Å²) in [4.78, 5) is 38.4. The Bertz CT molecular complexity index is 649. The molecule has 0 spiro atoms. The minimum Gasteiger partial charge on any atom is -0.452 e. The van der Waals surface area contributed by atoms with E-state index >= 15 is 0 Å². The fraction of sp³-hybridized carbons (Fsp3) is 0.438. The average Bonchev–Trinajstić information content (AvgIpc) is 3.03. The number of hydrogen-bond acceptors (Lipinski definition) is 6. The van der Waals surface area contributed by atoms with E-state index in [2.05, 4.69) is 15.9 Å². The predicted molar refractivity (Wildman–Crippen MR) is 91.6 cm³/mol. The molecule has 0 aliphatic carbocycles. The van der Waals surface area contributed by atoms with Crippen molar-refractivity contribution in [3.63, 3.8) is 0 Å². The lowest BCUT2D eigenvalue weighted by atomic mass is 10.3. The van der Waals surface area contributed by atoms with Crippen molar-refractivity contribution < 1.29 is 28.3 Å². The van der Waals surface area contributed by atoms with Crippen LogP contribution >= 0.6 is 15.9 Å². The van der Waals surface area contributed by atoms with Gasteiger partial charge in [0.25, 0.3) is 5.91 Å². The smallest absolute Gasteiger partial charge is 0.409 e. The molecule has 1 aromatic rings. The summed E-state index contributed by atoms with van der Waals surface area (Å²) in [5, 5.41) is 0. The van der Waals surface area contributed by atoms with Crippen LogP contribution in [0.4, 0.5) is 4.79 Å². The van der Waals surface area contributed by atoms with Gasteiger partial charge in [-0.05, 0) is 41.1 Å². The highest BCUT2D eigenvalue weighted by atomic mass is 79.9. The second-order valence-corrected chi connectivity index (χ2v) is 5.93. The van der Waals surface area contributed by atoms with Gasteiger partial charge in [0.15, 0.2) is 11.3 Å². The van der Waals surface area contributed by atoms with Crippen LogP contribution in [-0.2, 0) is 19.1 Å². The molecule has 1 aliphatic heterocycles. The number of rotatable bonds is 5. The van der Waals surface area contributed by atoms with Crippen LogP contribution in [0.3, 0.4) is 0 Å². The Morgan fingerprint density at radius 1 is 1.16 bits per heavy atom. The minimum atomic E-state index is -0.633. The number of ether oxygens (including phenoxy) is 2. The Morgan fingerprint density at radius 2 is 1.84 bits per heavy atom. The molecule has 8 nitrogen and oxygen atoms in total. The van der Waals surface area contributed by atoms with Crippen LogP contribution in [0.25, 0.3) is 6.08 Å². The fourth-order valence-corrected chi connectivity index (χ4v) is 2.51. The molecule has 0 aromatic carbocycles. The Kier molecular flexibility index (Phi) is 7.05. The van der Waals surface area contributed by atoms with Gasteiger partial charge < -0.3 is 23.7 Å². The maximum absolute atomic E-state index is 12.0. The van der Waals surface area contributed by atoms with Crippen molar-refractivity contribution in [2.45, 2.75) is 6.92 Å². The van der Waals surface area contributed by atoms with Gasteiger partial charge in [0.1, 0.15) is 5.76 Å². The number of halogens is 1. The standard InChI is InChI=1S/C16H19BrN2O6/c1-2-23-16(22)19-9-7-18(8-10-19)14(20)11-24-15(21)6-4-12-3-5-13(17)25-12/h3-6H,2,7-11H2,1H3/b6-4-. The molecule has 1 fully saturated rings. The monoisotopic (exact) mass is 414 g/mol. The van der Waals surface area contributed by atoms with Gasteiger partial charge in [-0.1, -0.05) is 0 Å². The van der Waals surface area contributed by atoms with Gasteiger partial charge in [-0.2, -0.15) is 0 Å². The van der Waals surface area contributed by atoms with E-state index in [1.54, 1.807) is 28.9 Å². The Hall–Kier alpha value is -2.29. The summed E-state index contributed by atoms with van der Waals surface area (Å²) < 4.78 is 15.6. The third kappa shape index (κ3) is 5.93. The summed E-state index contributed by atoms with van der Waals surface area (Å²) in [6.45, 7) is 3.26. The fourth-order valence-electron chi connectivity index (χ4n) is 2.19. The van der Waals surface area contributed by atoms with E-state index in [9.17, 15) is 14.4 Å². The van der Waals surface area contributed by atoms with Crippen molar-refractivity contribution in [3.05, 3.63) is 28.6 Å². The number of carbonyl (C=O) groups excluding carboxylic acids is 3. The highest BCUT2D eigenvalue weighted by Crippen LogP contribution is 2.15. The molecule has 2 rings (SSSR count). The highest BCUT2D eigenvalue weighted by Gasteiger charge is 2.25. The number of carbonyl (C=O) groups is 3. The molecule has 0 radical (unpaired) electrons. The molecular formula is C16H19BrN2O6. The summed E-state index contributed by atoms with van der Waals surface area (Å²) >= 11 is 3.16. The number of piperazine rings is 1. The van der Waals surface area contributed by atoms with E-state index in [1.165, 1.54) is 12.2 Å². The summed E-state index contributed by atoms with van der Waals surface area (Å²) in [6, 6.07) is 3.38. The molecular weight excluding hydrogens is 396 g/mol. The molecule has 0 N–H and O–H groups in total. The molecule has 136 valence electrons. The highest BCUT2D eigenvalue weighted by molar-refractivity contribution is 9.10. The number of nitrogens with zero attached hydrogens (tertiary/aromatic N) is 2. The lowest BCUT2D eigenvalue weighted by Gasteiger charge is -2.33. The number of furan rings is 1. The van der Waals surface area contributed by atoms with Crippen LogP contribution < -0.4 is 0 Å². The lowest BCUT2D eigenvalue weighted by molar-refractivity contribution is -0.148. The largest absolute Gasteiger partial charge is 0.452 e. The normalized spacial score (nSPS) is 14.6. The zero-order valence-corrected chi connectivity index (χ0v) is 15.4. The molecule has 25 heavy (non-hydrogen) atoms. The third-order valence-electron chi connectivity index (χ3n) is 3.47. The first-order valence-corrected chi connectivity index (χ1v) is 8.58. The minimum absolute atomic E-state index is 0.300. The summed E-state index contributed by atoms with van der Waals surface area (Å²) in [7, 11) is 0. The summed E-state index contributed by atoms with van der Waals surface area (Å²) in [6.07, 6.45) is 2.27. The maximum Gasteiger partial charge on any atom is 0.409 e. The van der Waals surface area contributed by atoms with Gasteiger partial charge in [0, 0.05) is 32.3 Å². The molecule has 2 heterocycles. The molecule has 0 unspecified atom stereocenters. The Balaban J connectivity index is 1.71. The molecule has 9 heteroatoms. The molecule has 0 atom stereocenters. The lowest BCUT2D eigenvalue weighted by Crippen LogP contribution is -2.51. The van der Waals surface area contributed by atoms with Gasteiger partial charge in [0.2, 0.25) is 0 Å². The first kappa shape index (κ1) is 19.0. The van der Waals surface area contributed by atoms with Gasteiger partial charge in [0.05, 0.1) is 6.61 Å². The molecule has 1 aliphatic rings. The second kappa shape index (κ2) is 9.26. The van der Waals surface area contributed by atoms with Crippen LogP contribution in [0.15, 0.2) is 27.3 Å². The number of hydrogen-bond donors (Lipinski definition) is 0. The van der Waals surface area contributed by atoms with Gasteiger partial charge in [-0.15, -0.1) is 0 Å². The summed E-state index contributed by atoms with van der Waals surface area (Å²) in [5.74, 6) is -0.442. The maximum atomic E-state index is 12.0. The van der Waals surface area contributed by atoms with E-state index in [0.717, 1.165) is 0 Å². The van der Waals surface area contributed by atoms with Crippen molar-refractivity contribution in [3.8, 4) is 0 Å². The van der Waals surface area contributed by atoms with Crippen LogP contribution in [-0.4, -0.2) is 67.2 Å². The van der Waals surface area contributed by atoms with E-state index in [4.69, 9.17) is 13.9 Å². The Labute approximate surface area is 153 Å². The Morgan fingerprint density at radius 3 is 2.44 bits per heavy atom. The van der Waals surface area contributed by atoms with Crippen LogP contribution in [0.2, 0.25) is 0 Å². The first-order chi connectivity index (χ1) is 12.0. The zero-order chi connectivity index (χ0) is 18.2. The van der Waals surface area contributed by atoms with Crippen molar-refractivity contribution >= 4 is 40.0 Å². The number of esters is 1. The zero-order valence-electron chi connectivity index (χ0n) is 13.8. The van der Waals surface area contributed by atoms with Gasteiger partial charge in [-0.3, -0.25) is 4.79 Å². The van der Waals surface area contributed by atoms with Crippen molar-refractivity contribution in [1.29, 1.82) is 0 Å². The van der Waals surface area contributed by atoms with E-state index in [-0.39, 0.29) is 18.6 Å². The topological polar surface area (TPSA) is 89.3 Å². The molecule has 1 aromatic heterocycles. The van der Waals surface area contributed by atoms with Crippen molar-refractivity contribution in [1.82, 2.24) is 9.80 Å². The van der Waals surface area contributed by atoms with Gasteiger partial charge >= 0.3 is 12.1 Å². The van der Waals surface area contributed by atoms with E-state index in [1.807, 2.05) is 0 Å². The van der Waals surface area contributed by atoms with Crippen molar-refractivity contribution in [2.24, 2.45) is 0 Å². The molecule has 0 saturated carbocycles. The van der Waals surface area contributed by atoms with Crippen LogP contribution in [0.5, 0.6) is 0 Å². The third-order valence-corrected chi connectivity index (χ3v) is 3.90. The second-order valence-electron chi connectivity index (χ2n) is 5.15. The quantitative estimate of drug-likeness (QED) is 0.539. The van der Waals surface area contributed by atoms with Crippen LogP contribution in [0.1, 0.15) is 12.7 Å². The van der Waals surface area contributed by atoms with Gasteiger partial charge in [-0.25, -0.2) is 9.59 Å². The van der Waals surface area contributed by atoms with Crippen molar-refractivity contribution in [2.75, 3.05) is 39.4 Å². The molecule has 1 saturated heterocycles.